The zero-order chi connectivity index (χ0) is 24.9. The average molecular weight is 500 g/mol. The van der Waals surface area contributed by atoms with Crippen LogP contribution in [0.2, 0.25) is 0 Å². The van der Waals surface area contributed by atoms with Gasteiger partial charge in [-0.1, -0.05) is 29.8 Å². The first-order chi connectivity index (χ1) is 16.0. The van der Waals surface area contributed by atoms with Crippen LogP contribution in [0, 0.1) is 12.8 Å². The quantitative estimate of drug-likeness (QED) is 0.518. The second-order valence-corrected chi connectivity index (χ2v) is 10.3. The highest BCUT2D eigenvalue weighted by Gasteiger charge is 2.40. The van der Waals surface area contributed by atoms with Crippen LogP contribution in [-0.2, 0) is 26.0 Å². The van der Waals surface area contributed by atoms with Crippen molar-refractivity contribution in [3.8, 4) is 5.75 Å². The average Bonchev–Trinajstić information content (AvgIpc) is 2.80. The Balaban J connectivity index is 1.50. The molecular weight excluding hydrogens is 471 g/mol. The van der Waals surface area contributed by atoms with E-state index in [2.05, 4.69) is 4.74 Å². The number of Topliss-reactive ketones (excluding diaryl/α,β-unsaturated/α-hetero) is 1. The molecule has 0 amide bonds. The number of ketones is 1. The molecule has 2 aromatic carbocycles. The molecule has 0 spiro atoms. The van der Waals surface area contributed by atoms with Crippen molar-refractivity contribution in [1.82, 2.24) is 4.31 Å². The van der Waals surface area contributed by atoms with E-state index in [9.17, 15) is 26.4 Å². The highest BCUT2D eigenvalue weighted by Crippen LogP contribution is 2.26. The topological polar surface area (TPSA) is 72.9 Å². The van der Waals surface area contributed by atoms with Gasteiger partial charge in [0, 0.05) is 32.5 Å². The molecule has 1 atom stereocenters. The van der Waals surface area contributed by atoms with E-state index in [1.165, 1.54) is 16.4 Å². The van der Waals surface area contributed by atoms with Gasteiger partial charge in [-0.3, -0.25) is 4.79 Å². The van der Waals surface area contributed by atoms with E-state index in [4.69, 9.17) is 4.74 Å². The van der Waals surface area contributed by atoms with Gasteiger partial charge in [0.2, 0.25) is 10.0 Å². The van der Waals surface area contributed by atoms with Gasteiger partial charge >= 0.3 is 6.18 Å². The lowest BCUT2D eigenvalue weighted by Crippen LogP contribution is -2.40. The van der Waals surface area contributed by atoms with Crippen molar-refractivity contribution >= 4 is 15.8 Å². The van der Waals surface area contributed by atoms with Crippen LogP contribution in [0.25, 0.3) is 0 Å². The lowest BCUT2D eigenvalue weighted by atomic mass is 9.90. The maximum absolute atomic E-state index is 12.8. The van der Waals surface area contributed by atoms with Crippen molar-refractivity contribution in [2.24, 2.45) is 5.92 Å². The number of methoxy groups -OCH3 is 1. The van der Waals surface area contributed by atoms with Crippen molar-refractivity contribution in [2.75, 3.05) is 26.8 Å². The molecule has 3 rings (SSSR count). The number of nitrogens with zero attached hydrogens (tertiary/aromatic N) is 1. The fraction of sp³-hybridized carbons (Fsp3) is 0.458. The Morgan fingerprint density at radius 3 is 2.18 bits per heavy atom. The highest BCUT2D eigenvalue weighted by molar-refractivity contribution is 7.89. The number of hydrogen-bond acceptors (Lipinski definition) is 5. The molecule has 186 valence electrons. The molecule has 1 unspecified atom stereocenters. The van der Waals surface area contributed by atoms with Gasteiger partial charge in [0.1, 0.15) is 18.1 Å². The van der Waals surface area contributed by atoms with E-state index in [1.54, 1.807) is 36.4 Å². The van der Waals surface area contributed by atoms with Crippen LogP contribution >= 0.6 is 0 Å². The number of hydrogen-bond donors (Lipinski definition) is 0. The molecule has 0 aromatic heterocycles. The molecule has 2 aromatic rings. The molecule has 10 heteroatoms. The van der Waals surface area contributed by atoms with Gasteiger partial charge in [0.15, 0.2) is 6.10 Å². The molecule has 6 nitrogen and oxygen atoms in total. The Hall–Kier alpha value is -2.43. The summed E-state index contributed by atoms with van der Waals surface area (Å²) in [7, 11) is -2.61. The lowest BCUT2D eigenvalue weighted by Gasteiger charge is -2.30. The molecule has 1 saturated heterocycles. The minimum Gasteiger partial charge on any atom is -0.491 e. The normalized spacial score (nSPS) is 16.9. The second-order valence-electron chi connectivity index (χ2n) is 8.36. The number of aryl methyl sites for hydroxylation is 1. The second kappa shape index (κ2) is 10.9. The fourth-order valence-electron chi connectivity index (χ4n) is 3.79. The molecule has 1 fully saturated rings. The number of carbonyl (C=O) groups excluding carboxylic acids is 1. The standard InChI is InChI=1S/C24H28F3NO5S/c1-17-3-9-21(10-4-17)34(30,31)28-13-11-19(12-14-28)22(29)15-18-5-7-20(8-6-18)33-16-23(32-2)24(25,26)27/h3-10,19,23H,11-16H2,1-2H3. The number of rotatable bonds is 9. The van der Waals surface area contributed by atoms with Gasteiger partial charge in [-0.05, 0) is 49.6 Å². The molecule has 0 bridgehead atoms. The first-order valence-electron chi connectivity index (χ1n) is 10.9. The third-order valence-corrected chi connectivity index (χ3v) is 7.83. The largest absolute Gasteiger partial charge is 0.491 e. The summed E-state index contributed by atoms with van der Waals surface area (Å²) >= 11 is 0. The zero-order valence-corrected chi connectivity index (χ0v) is 19.9. The maximum Gasteiger partial charge on any atom is 0.417 e. The van der Waals surface area contributed by atoms with Gasteiger partial charge in [-0.15, -0.1) is 0 Å². The minimum atomic E-state index is -4.52. The number of sulfonamides is 1. The number of piperidine rings is 1. The van der Waals surface area contributed by atoms with Crippen LogP contribution in [0.5, 0.6) is 5.75 Å². The third-order valence-electron chi connectivity index (χ3n) is 5.92. The number of alkyl halides is 3. The summed E-state index contributed by atoms with van der Waals surface area (Å²) in [5, 5.41) is 0. The molecule has 0 saturated carbocycles. The Labute approximate surface area is 197 Å². The van der Waals surface area contributed by atoms with Crippen LogP contribution in [0.1, 0.15) is 24.0 Å². The number of ether oxygens (including phenoxy) is 2. The number of halogens is 3. The summed E-state index contributed by atoms with van der Waals surface area (Å²) in [4.78, 5) is 13.0. The summed E-state index contributed by atoms with van der Waals surface area (Å²) in [6.07, 6.45) is -5.48. The number of carbonyl (C=O) groups is 1. The summed E-state index contributed by atoms with van der Waals surface area (Å²) < 4.78 is 74.8. The van der Waals surface area contributed by atoms with E-state index >= 15 is 0 Å². The molecular formula is C24H28F3NO5S. The van der Waals surface area contributed by atoms with Crippen LogP contribution < -0.4 is 4.74 Å². The minimum absolute atomic E-state index is 0.0116. The van der Waals surface area contributed by atoms with Crippen molar-refractivity contribution < 1.29 is 35.9 Å². The van der Waals surface area contributed by atoms with E-state index in [0.717, 1.165) is 12.7 Å². The summed E-state index contributed by atoms with van der Waals surface area (Å²) in [6.45, 7) is 1.78. The van der Waals surface area contributed by atoms with Crippen molar-refractivity contribution in [2.45, 2.75) is 43.4 Å². The first-order valence-corrected chi connectivity index (χ1v) is 12.4. The summed E-state index contributed by atoms with van der Waals surface area (Å²) in [5.41, 5.74) is 1.69. The first kappa shape index (κ1) is 26.2. The van der Waals surface area contributed by atoms with Gasteiger partial charge in [-0.25, -0.2) is 8.42 Å². The fourth-order valence-corrected chi connectivity index (χ4v) is 5.26. The van der Waals surface area contributed by atoms with Crippen LogP contribution in [0.3, 0.4) is 0 Å². The van der Waals surface area contributed by atoms with Crippen LogP contribution in [0.4, 0.5) is 13.2 Å². The molecule has 0 radical (unpaired) electrons. The van der Waals surface area contributed by atoms with Crippen molar-refractivity contribution in [1.29, 1.82) is 0 Å². The van der Waals surface area contributed by atoms with E-state index < -0.39 is 28.9 Å². The van der Waals surface area contributed by atoms with Crippen molar-refractivity contribution in [3.63, 3.8) is 0 Å². The van der Waals surface area contributed by atoms with Crippen LogP contribution in [0.15, 0.2) is 53.4 Å². The van der Waals surface area contributed by atoms with Crippen molar-refractivity contribution in [3.05, 3.63) is 59.7 Å². The van der Waals surface area contributed by atoms with Gasteiger partial charge in [0.05, 0.1) is 4.90 Å². The molecule has 34 heavy (non-hydrogen) atoms. The third kappa shape index (κ3) is 6.58. The Morgan fingerprint density at radius 2 is 1.65 bits per heavy atom. The lowest BCUT2D eigenvalue weighted by molar-refractivity contribution is -0.219. The van der Waals surface area contributed by atoms with E-state index in [-0.39, 0.29) is 41.9 Å². The van der Waals surface area contributed by atoms with Gasteiger partial charge in [-0.2, -0.15) is 17.5 Å². The summed E-state index contributed by atoms with van der Waals surface area (Å²) in [5.74, 6) is 0.0179. The highest BCUT2D eigenvalue weighted by atomic mass is 32.2. The predicted molar refractivity (Wildman–Crippen MR) is 120 cm³/mol. The zero-order valence-electron chi connectivity index (χ0n) is 19.0. The maximum atomic E-state index is 12.8. The van der Waals surface area contributed by atoms with E-state index in [0.29, 0.717) is 18.4 Å². The molecule has 1 aliphatic heterocycles. The molecule has 1 heterocycles. The van der Waals surface area contributed by atoms with E-state index in [1.807, 2.05) is 6.92 Å². The summed E-state index contributed by atoms with van der Waals surface area (Å²) in [6, 6.07) is 13.0. The van der Waals surface area contributed by atoms with Gasteiger partial charge < -0.3 is 9.47 Å². The SMILES string of the molecule is COC(COc1ccc(CC(=O)C2CCN(S(=O)(=O)c3ccc(C)cc3)CC2)cc1)C(F)(F)F. The smallest absolute Gasteiger partial charge is 0.417 e. The monoisotopic (exact) mass is 499 g/mol. The Kier molecular flexibility index (Phi) is 8.38. The van der Waals surface area contributed by atoms with Crippen LogP contribution in [-0.4, -0.2) is 57.6 Å². The molecule has 1 aliphatic rings. The molecule has 0 N–H and O–H groups in total. The predicted octanol–water partition coefficient (Wildman–Crippen LogP) is 4.16. The Morgan fingerprint density at radius 1 is 1.06 bits per heavy atom. The number of benzene rings is 2. The van der Waals surface area contributed by atoms with Gasteiger partial charge in [0.25, 0.3) is 0 Å². The molecule has 0 aliphatic carbocycles. The Bertz CT molecular complexity index is 1060.